The quantitative estimate of drug-likeness (QED) is 0.903. The van der Waals surface area contributed by atoms with Crippen molar-refractivity contribution in [3.63, 3.8) is 0 Å². The second-order valence-corrected chi connectivity index (χ2v) is 5.55. The lowest BCUT2D eigenvalue weighted by Gasteiger charge is -2.00. The Labute approximate surface area is 114 Å². The number of aliphatic imine (C=N–C) groups is 1. The minimum atomic E-state index is -0.0557. The normalized spacial score (nSPS) is 21.9. The van der Waals surface area contributed by atoms with Crippen LogP contribution in [-0.2, 0) is 4.79 Å². The molecule has 2 rings (SSSR count). The zero-order valence-electron chi connectivity index (χ0n) is 9.04. The molecule has 0 saturated carbocycles. The van der Waals surface area contributed by atoms with Crippen molar-refractivity contribution in [3.8, 4) is 0 Å². The Morgan fingerprint density at radius 2 is 2.24 bits per heavy atom. The number of carbonyl (C=O) groups excluding carboxylic acids is 1. The molecule has 1 N–H and O–H groups in total. The van der Waals surface area contributed by atoms with Gasteiger partial charge in [-0.25, -0.2) is 4.99 Å². The molecular weight excluding hydrogens is 279 g/mol. The van der Waals surface area contributed by atoms with Gasteiger partial charge < -0.3 is 5.32 Å². The number of hydrogen-bond donors (Lipinski definition) is 1. The number of hydrogen-bond acceptors (Lipinski definition) is 3. The van der Waals surface area contributed by atoms with Crippen LogP contribution in [0.2, 0.25) is 10.0 Å². The van der Waals surface area contributed by atoms with E-state index in [4.69, 9.17) is 23.2 Å². The summed E-state index contributed by atoms with van der Waals surface area (Å²) in [6, 6.07) is 5.07. The first-order valence-electron chi connectivity index (χ1n) is 5.11. The van der Waals surface area contributed by atoms with Crippen LogP contribution in [0.25, 0.3) is 0 Å². The van der Waals surface area contributed by atoms with E-state index in [9.17, 15) is 4.79 Å². The summed E-state index contributed by atoms with van der Waals surface area (Å²) in [5.41, 5.74) is 0.607. The number of carbonyl (C=O) groups is 1. The van der Waals surface area contributed by atoms with Crippen molar-refractivity contribution in [2.45, 2.75) is 18.6 Å². The van der Waals surface area contributed by atoms with E-state index in [1.165, 1.54) is 11.8 Å². The third kappa shape index (κ3) is 2.94. The molecule has 1 fully saturated rings. The lowest BCUT2D eigenvalue weighted by atomic mass is 10.3. The molecule has 90 valence electrons. The number of rotatable bonds is 2. The summed E-state index contributed by atoms with van der Waals surface area (Å²) < 4.78 is 0. The summed E-state index contributed by atoms with van der Waals surface area (Å²) in [4.78, 5) is 15.8. The van der Waals surface area contributed by atoms with Gasteiger partial charge in [0.25, 0.3) is 0 Å². The highest BCUT2D eigenvalue weighted by atomic mass is 35.5. The van der Waals surface area contributed by atoms with Crippen LogP contribution in [0, 0.1) is 0 Å². The molecule has 1 heterocycles. The average Bonchev–Trinajstić information content (AvgIpc) is 2.63. The molecule has 3 nitrogen and oxygen atoms in total. The molecule has 17 heavy (non-hydrogen) atoms. The number of benzene rings is 1. The van der Waals surface area contributed by atoms with Gasteiger partial charge >= 0.3 is 0 Å². The lowest BCUT2D eigenvalue weighted by Crippen LogP contribution is -2.24. The summed E-state index contributed by atoms with van der Waals surface area (Å²) in [5.74, 6) is 0.00124. The fraction of sp³-hybridized carbons (Fsp3) is 0.273. The molecular formula is C11H10Cl2N2OS. The molecule has 1 unspecified atom stereocenters. The molecule has 1 aliphatic heterocycles. The third-order valence-corrected chi connectivity index (χ3v) is 4.07. The second-order valence-electron chi connectivity index (χ2n) is 3.52. The second kappa shape index (κ2) is 5.29. The van der Waals surface area contributed by atoms with Gasteiger partial charge in [-0.1, -0.05) is 41.9 Å². The highest BCUT2D eigenvalue weighted by molar-refractivity contribution is 8.15. The van der Waals surface area contributed by atoms with Gasteiger partial charge in [-0.3, -0.25) is 4.79 Å². The van der Waals surface area contributed by atoms with Crippen molar-refractivity contribution in [1.82, 2.24) is 5.32 Å². The Kier molecular flexibility index (Phi) is 3.97. The average molecular weight is 289 g/mol. The fourth-order valence-corrected chi connectivity index (χ4v) is 2.77. The SMILES string of the molecule is CCC1SC(=Nc2ccc(Cl)cc2Cl)NC1=O. The molecule has 6 heteroatoms. The molecule has 0 radical (unpaired) electrons. The maximum atomic E-state index is 11.5. The van der Waals surface area contributed by atoms with Crippen molar-refractivity contribution >= 4 is 51.7 Å². The van der Waals surface area contributed by atoms with Crippen LogP contribution in [0.5, 0.6) is 0 Å². The first-order chi connectivity index (χ1) is 8.10. The molecule has 1 aromatic rings. The lowest BCUT2D eigenvalue weighted by molar-refractivity contribution is -0.118. The zero-order chi connectivity index (χ0) is 12.4. The molecule has 1 saturated heterocycles. The van der Waals surface area contributed by atoms with E-state index in [0.717, 1.165) is 6.42 Å². The van der Waals surface area contributed by atoms with E-state index in [1.54, 1.807) is 18.2 Å². The van der Waals surface area contributed by atoms with Crippen molar-refractivity contribution in [1.29, 1.82) is 0 Å². The summed E-state index contributed by atoms with van der Waals surface area (Å²) >= 11 is 13.2. The van der Waals surface area contributed by atoms with Crippen molar-refractivity contribution in [3.05, 3.63) is 28.2 Å². The Morgan fingerprint density at radius 3 is 2.82 bits per heavy atom. The predicted molar refractivity (Wildman–Crippen MR) is 73.4 cm³/mol. The van der Waals surface area contributed by atoms with Gasteiger partial charge in [0.1, 0.15) is 0 Å². The van der Waals surface area contributed by atoms with Gasteiger partial charge in [0.05, 0.1) is 16.0 Å². The number of nitrogens with zero attached hydrogens (tertiary/aromatic N) is 1. The maximum absolute atomic E-state index is 11.5. The fourth-order valence-electron chi connectivity index (χ4n) is 1.41. The minimum absolute atomic E-state index is 0.00124. The highest BCUT2D eigenvalue weighted by Crippen LogP contribution is 2.30. The van der Waals surface area contributed by atoms with Gasteiger partial charge in [0.15, 0.2) is 5.17 Å². The Balaban J connectivity index is 2.23. The first kappa shape index (κ1) is 12.7. The maximum Gasteiger partial charge on any atom is 0.239 e. The van der Waals surface area contributed by atoms with Gasteiger partial charge in [0.2, 0.25) is 5.91 Å². The van der Waals surface area contributed by atoms with Crippen LogP contribution in [-0.4, -0.2) is 16.3 Å². The monoisotopic (exact) mass is 288 g/mol. The van der Waals surface area contributed by atoms with E-state index >= 15 is 0 Å². The molecule has 0 aliphatic carbocycles. The molecule has 0 spiro atoms. The standard InChI is InChI=1S/C11H10Cl2N2OS/c1-2-9-10(16)15-11(17-9)14-8-4-3-6(12)5-7(8)13/h3-5,9H,2H2,1H3,(H,14,15,16). The van der Waals surface area contributed by atoms with E-state index < -0.39 is 0 Å². The van der Waals surface area contributed by atoms with Crippen LogP contribution >= 0.6 is 35.0 Å². The zero-order valence-corrected chi connectivity index (χ0v) is 11.4. The van der Waals surface area contributed by atoms with Crippen molar-refractivity contribution in [2.24, 2.45) is 4.99 Å². The number of thioether (sulfide) groups is 1. The Morgan fingerprint density at radius 1 is 1.47 bits per heavy atom. The molecule has 1 amide bonds. The van der Waals surface area contributed by atoms with Crippen LogP contribution in [0.15, 0.2) is 23.2 Å². The summed E-state index contributed by atoms with van der Waals surface area (Å²) in [5, 5.41) is 4.30. The minimum Gasteiger partial charge on any atom is -0.304 e. The number of amidine groups is 1. The van der Waals surface area contributed by atoms with Gasteiger partial charge in [-0.05, 0) is 24.6 Å². The van der Waals surface area contributed by atoms with Crippen molar-refractivity contribution < 1.29 is 4.79 Å². The summed E-state index contributed by atoms with van der Waals surface area (Å²) in [7, 11) is 0. The Bertz CT molecular complexity index is 490. The number of nitrogens with one attached hydrogen (secondary N) is 1. The molecule has 0 bridgehead atoms. The van der Waals surface area contributed by atoms with E-state index in [2.05, 4.69) is 10.3 Å². The molecule has 1 aliphatic rings. The van der Waals surface area contributed by atoms with Crippen LogP contribution < -0.4 is 5.32 Å². The summed E-state index contributed by atoms with van der Waals surface area (Å²) in [6.07, 6.45) is 0.782. The highest BCUT2D eigenvalue weighted by Gasteiger charge is 2.28. The van der Waals surface area contributed by atoms with Crippen LogP contribution in [0.1, 0.15) is 13.3 Å². The van der Waals surface area contributed by atoms with Gasteiger partial charge in [-0.2, -0.15) is 0 Å². The van der Waals surface area contributed by atoms with Crippen LogP contribution in [0.3, 0.4) is 0 Å². The van der Waals surface area contributed by atoms with E-state index in [1.807, 2.05) is 6.92 Å². The summed E-state index contributed by atoms with van der Waals surface area (Å²) in [6.45, 7) is 1.97. The largest absolute Gasteiger partial charge is 0.304 e. The smallest absolute Gasteiger partial charge is 0.239 e. The predicted octanol–water partition coefficient (Wildman–Crippen LogP) is 3.62. The van der Waals surface area contributed by atoms with E-state index in [-0.39, 0.29) is 11.2 Å². The first-order valence-corrected chi connectivity index (χ1v) is 6.75. The van der Waals surface area contributed by atoms with Crippen LogP contribution in [0.4, 0.5) is 5.69 Å². The third-order valence-electron chi connectivity index (χ3n) is 2.28. The number of amides is 1. The van der Waals surface area contributed by atoms with Crippen molar-refractivity contribution in [2.75, 3.05) is 0 Å². The number of halogens is 2. The molecule has 1 atom stereocenters. The van der Waals surface area contributed by atoms with Gasteiger partial charge in [-0.15, -0.1) is 0 Å². The topological polar surface area (TPSA) is 41.5 Å². The van der Waals surface area contributed by atoms with E-state index in [0.29, 0.717) is 20.9 Å². The molecule has 0 aromatic heterocycles. The van der Waals surface area contributed by atoms with Gasteiger partial charge in [0, 0.05) is 5.02 Å². The molecule has 1 aromatic carbocycles. The Hall–Kier alpha value is -0.710.